The van der Waals surface area contributed by atoms with E-state index in [1.807, 2.05) is 6.92 Å². The second-order valence-corrected chi connectivity index (χ2v) is 7.84. The van der Waals surface area contributed by atoms with E-state index in [9.17, 15) is 5.11 Å². The summed E-state index contributed by atoms with van der Waals surface area (Å²) < 4.78 is 0. The number of hydrogen-bond donors (Lipinski definition) is 1. The number of halogens is 1. The first kappa shape index (κ1) is 13.6. The van der Waals surface area contributed by atoms with Gasteiger partial charge in [-0.3, -0.25) is 0 Å². The summed E-state index contributed by atoms with van der Waals surface area (Å²) in [5.74, 6) is 1.01. The van der Waals surface area contributed by atoms with Gasteiger partial charge in [-0.25, -0.2) is 0 Å². The summed E-state index contributed by atoms with van der Waals surface area (Å²) in [6.07, 6.45) is 5.58. The number of allylic oxidation sites excluding steroid dienone is 1. The van der Waals surface area contributed by atoms with Gasteiger partial charge in [-0.2, -0.15) is 0 Å². The SMILES string of the molecule is C=C(C)[C@@H]1CC[C@]2(C)C(C1)[C@](C)(O)CC[C@H]2Br. The van der Waals surface area contributed by atoms with E-state index in [4.69, 9.17) is 0 Å². The van der Waals surface area contributed by atoms with Gasteiger partial charge in [0.25, 0.3) is 0 Å². The Morgan fingerprint density at radius 3 is 2.53 bits per heavy atom. The van der Waals surface area contributed by atoms with Crippen LogP contribution in [-0.2, 0) is 0 Å². The molecular formula is C15H25BrO. The largest absolute Gasteiger partial charge is 0.390 e. The van der Waals surface area contributed by atoms with Gasteiger partial charge in [0.15, 0.2) is 0 Å². The Hall–Kier alpha value is 0.180. The van der Waals surface area contributed by atoms with Gasteiger partial charge >= 0.3 is 0 Å². The highest BCUT2D eigenvalue weighted by Gasteiger charge is 2.54. The molecule has 2 saturated carbocycles. The normalized spacial score (nSPS) is 50.8. The minimum Gasteiger partial charge on any atom is -0.390 e. The molecule has 0 aromatic carbocycles. The molecule has 2 aliphatic carbocycles. The first-order valence-corrected chi connectivity index (χ1v) is 7.71. The van der Waals surface area contributed by atoms with Crippen LogP contribution in [0.1, 0.15) is 52.9 Å². The summed E-state index contributed by atoms with van der Waals surface area (Å²) in [6.45, 7) is 10.6. The predicted octanol–water partition coefficient (Wildman–Crippen LogP) is 4.29. The molecule has 0 heterocycles. The van der Waals surface area contributed by atoms with Crippen LogP contribution in [0.25, 0.3) is 0 Å². The third kappa shape index (κ3) is 2.23. The highest BCUT2D eigenvalue weighted by atomic mass is 79.9. The molecule has 0 aliphatic heterocycles. The van der Waals surface area contributed by atoms with Crippen LogP contribution < -0.4 is 0 Å². The fraction of sp³-hybridized carbons (Fsp3) is 0.867. The Labute approximate surface area is 114 Å². The molecule has 0 aromatic heterocycles. The summed E-state index contributed by atoms with van der Waals surface area (Å²) in [5, 5.41) is 10.7. The van der Waals surface area contributed by atoms with Crippen LogP contribution in [0.5, 0.6) is 0 Å². The average Bonchev–Trinajstić information content (AvgIpc) is 2.24. The van der Waals surface area contributed by atoms with E-state index < -0.39 is 5.60 Å². The van der Waals surface area contributed by atoms with Gasteiger partial charge in [0.1, 0.15) is 0 Å². The van der Waals surface area contributed by atoms with Crippen molar-refractivity contribution in [3.63, 3.8) is 0 Å². The molecule has 0 radical (unpaired) electrons. The molecule has 2 fully saturated rings. The van der Waals surface area contributed by atoms with E-state index >= 15 is 0 Å². The van der Waals surface area contributed by atoms with Crippen LogP contribution in [0.3, 0.4) is 0 Å². The molecule has 0 amide bonds. The van der Waals surface area contributed by atoms with E-state index in [-0.39, 0.29) is 5.41 Å². The lowest BCUT2D eigenvalue weighted by Gasteiger charge is -2.56. The summed E-state index contributed by atoms with van der Waals surface area (Å²) >= 11 is 3.86. The lowest BCUT2D eigenvalue weighted by atomic mass is 9.53. The summed E-state index contributed by atoms with van der Waals surface area (Å²) in [5.41, 5.74) is 1.06. The Morgan fingerprint density at radius 2 is 1.94 bits per heavy atom. The van der Waals surface area contributed by atoms with Crippen molar-refractivity contribution in [2.75, 3.05) is 0 Å². The maximum absolute atomic E-state index is 10.7. The molecule has 0 aromatic rings. The molecule has 1 unspecified atom stereocenters. The van der Waals surface area contributed by atoms with Crippen LogP contribution >= 0.6 is 15.9 Å². The Bertz CT molecular complexity index is 323. The van der Waals surface area contributed by atoms with Crippen molar-refractivity contribution in [3.8, 4) is 0 Å². The lowest BCUT2D eigenvalue weighted by Crippen LogP contribution is -2.55. The summed E-state index contributed by atoms with van der Waals surface area (Å²) in [7, 11) is 0. The topological polar surface area (TPSA) is 20.2 Å². The third-order valence-electron chi connectivity index (χ3n) is 5.41. The van der Waals surface area contributed by atoms with Gasteiger partial charge in [-0.05, 0) is 63.2 Å². The zero-order valence-electron chi connectivity index (χ0n) is 11.3. The molecule has 1 nitrogen and oxygen atoms in total. The molecule has 0 saturated heterocycles. The highest BCUT2D eigenvalue weighted by molar-refractivity contribution is 9.09. The van der Waals surface area contributed by atoms with E-state index in [0.717, 1.165) is 19.3 Å². The average molecular weight is 301 g/mol. The van der Waals surface area contributed by atoms with Crippen molar-refractivity contribution in [2.45, 2.75) is 63.3 Å². The molecule has 0 spiro atoms. The smallest absolute Gasteiger partial charge is 0.0654 e. The molecule has 98 valence electrons. The molecule has 5 atom stereocenters. The van der Waals surface area contributed by atoms with Gasteiger partial charge in [-0.1, -0.05) is 35.0 Å². The van der Waals surface area contributed by atoms with Crippen LogP contribution in [0, 0.1) is 17.3 Å². The fourth-order valence-corrected chi connectivity index (χ4v) is 4.82. The van der Waals surface area contributed by atoms with Gasteiger partial charge in [0.2, 0.25) is 0 Å². The van der Waals surface area contributed by atoms with Crippen LogP contribution in [0.2, 0.25) is 0 Å². The van der Waals surface area contributed by atoms with Gasteiger partial charge in [-0.15, -0.1) is 0 Å². The zero-order chi connectivity index (χ0) is 12.8. The minimum atomic E-state index is -0.493. The van der Waals surface area contributed by atoms with Crippen LogP contribution in [0.15, 0.2) is 12.2 Å². The quantitative estimate of drug-likeness (QED) is 0.566. The van der Waals surface area contributed by atoms with Gasteiger partial charge in [0, 0.05) is 4.83 Å². The summed E-state index contributed by atoms with van der Waals surface area (Å²) in [6, 6.07) is 0. The van der Waals surface area contributed by atoms with Crippen molar-refractivity contribution < 1.29 is 5.11 Å². The van der Waals surface area contributed by atoms with Crippen molar-refractivity contribution in [3.05, 3.63) is 12.2 Å². The molecular weight excluding hydrogens is 276 g/mol. The zero-order valence-corrected chi connectivity index (χ0v) is 12.9. The van der Waals surface area contributed by atoms with Crippen molar-refractivity contribution in [1.82, 2.24) is 0 Å². The maximum atomic E-state index is 10.7. The molecule has 2 aliphatic rings. The number of aliphatic hydroxyl groups is 1. The van der Waals surface area contributed by atoms with Gasteiger partial charge < -0.3 is 5.11 Å². The Balaban J connectivity index is 2.27. The van der Waals surface area contributed by atoms with Crippen LogP contribution in [0.4, 0.5) is 0 Å². The lowest BCUT2D eigenvalue weighted by molar-refractivity contribution is -0.116. The van der Waals surface area contributed by atoms with Crippen LogP contribution in [-0.4, -0.2) is 15.5 Å². The molecule has 2 rings (SSSR count). The predicted molar refractivity (Wildman–Crippen MR) is 76.3 cm³/mol. The Kier molecular flexibility index (Phi) is 3.51. The minimum absolute atomic E-state index is 0.258. The second kappa shape index (κ2) is 4.38. The van der Waals surface area contributed by atoms with Crippen molar-refractivity contribution in [1.29, 1.82) is 0 Å². The number of alkyl halides is 1. The summed E-state index contributed by atoms with van der Waals surface area (Å²) in [4.78, 5) is 0.561. The standard InChI is InChI=1S/C15H25BrO/c1-10(2)11-5-7-14(3)12(9-11)15(4,17)8-6-13(14)16/h11-13,17H,1,5-9H2,2-4H3/t11-,12?,13-,14-,15-/m1/s1. The maximum Gasteiger partial charge on any atom is 0.0654 e. The number of rotatable bonds is 1. The van der Waals surface area contributed by atoms with E-state index in [1.165, 1.54) is 18.4 Å². The Morgan fingerprint density at radius 1 is 1.29 bits per heavy atom. The van der Waals surface area contributed by atoms with Gasteiger partial charge in [0.05, 0.1) is 5.60 Å². The number of fused-ring (bicyclic) bond motifs is 1. The van der Waals surface area contributed by atoms with Crippen molar-refractivity contribution >= 4 is 15.9 Å². The molecule has 2 heteroatoms. The van der Waals surface area contributed by atoms with E-state index in [0.29, 0.717) is 16.7 Å². The van der Waals surface area contributed by atoms with Crippen molar-refractivity contribution in [2.24, 2.45) is 17.3 Å². The second-order valence-electron chi connectivity index (χ2n) is 6.74. The molecule has 0 bridgehead atoms. The monoisotopic (exact) mass is 300 g/mol. The fourth-order valence-electron chi connectivity index (χ4n) is 4.04. The third-order valence-corrected chi connectivity index (χ3v) is 6.92. The highest BCUT2D eigenvalue weighted by Crippen LogP contribution is 2.58. The van der Waals surface area contributed by atoms with E-state index in [1.54, 1.807) is 0 Å². The molecule has 17 heavy (non-hydrogen) atoms. The first-order chi connectivity index (χ1) is 7.77. The van der Waals surface area contributed by atoms with E-state index in [2.05, 4.69) is 36.4 Å². The molecule has 1 N–H and O–H groups in total. The number of hydrogen-bond acceptors (Lipinski definition) is 1. The first-order valence-electron chi connectivity index (χ1n) is 6.79.